The van der Waals surface area contributed by atoms with Crippen molar-refractivity contribution in [1.29, 1.82) is 5.26 Å². The lowest BCUT2D eigenvalue weighted by atomic mass is 9.94. The van der Waals surface area contributed by atoms with Gasteiger partial charge in [-0.2, -0.15) is 5.26 Å². The molecule has 0 spiro atoms. The molecule has 0 saturated carbocycles. The standard InChI is InChI=1S/C8H12ClN/c1-6(5-10)7(9)8(2,3)4/h1-4H3. The Labute approximate surface area is 67.3 Å². The van der Waals surface area contributed by atoms with E-state index in [1.54, 1.807) is 6.92 Å². The van der Waals surface area contributed by atoms with Gasteiger partial charge in [-0.1, -0.05) is 32.4 Å². The second-order valence-corrected chi connectivity index (χ2v) is 3.68. The van der Waals surface area contributed by atoms with Crippen LogP contribution in [0.3, 0.4) is 0 Å². The Morgan fingerprint density at radius 2 is 1.80 bits per heavy atom. The highest BCUT2D eigenvalue weighted by Gasteiger charge is 2.16. The van der Waals surface area contributed by atoms with Gasteiger partial charge in [0.15, 0.2) is 0 Å². The molecule has 0 fully saturated rings. The molecule has 0 rings (SSSR count). The molecule has 0 atom stereocenters. The summed E-state index contributed by atoms with van der Waals surface area (Å²) in [6.07, 6.45) is 0. The van der Waals surface area contributed by atoms with Crippen LogP contribution in [-0.4, -0.2) is 0 Å². The van der Waals surface area contributed by atoms with E-state index >= 15 is 0 Å². The fourth-order valence-electron chi connectivity index (χ4n) is 0.612. The summed E-state index contributed by atoms with van der Waals surface area (Å²) in [5, 5.41) is 9.12. The zero-order valence-electron chi connectivity index (χ0n) is 6.83. The first-order valence-electron chi connectivity index (χ1n) is 3.16. The number of rotatable bonds is 0. The van der Waals surface area contributed by atoms with Gasteiger partial charge in [-0.3, -0.25) is 0 Å². The molecule has 0 N–H and O–H groups in total. The average molecular weight is 158 g/mol. The lowest BCUT2D eigenvalue weighted by Gasteiger charge is -2.17. The largest absolute Gasteiger partial charge is 0.193 e. The SMILES string of the molecule is CC(C#N)=C(Cl)C(C)(C)C. The van der Waals surface area contributed by atoms with Crippen molar-refractivity contribution in [2.45, 2.75) is 27.7 Å². The van der Waals surface area contributed by atoms with Crippen molar-refractivity contribution < 1.29 is 0 Å². The highest BCUT2D eigenvalue weighted by atomic mass is 35.5. The van der Waals surface area contributed by atoms with Gasteiger partial charge in [0.2, 0.25) is 0 Å². The van der Waals surface area contributed by atoms with Crippen molar-refractivity contribution in [2.24, 2.45) is 5.41 Å². The quantitative estimate of drug-likeness (QED) is 0.496. The Bertz CT molecular complexity index is 190. The molecule has 0 aromatic carbocycles. The van der Waals surface area contributed by atoms with Crippen LogP contribution in [0.25, 0.3) is 0 Å². The Morgan fingerprint density at radius 3 is 1.90 bits per heavy atom. The first kappa shape index (κ1) is 9.52. The summed E-state index contributed by atoms with van der Waals surface area (Å²) in [6, 6.07) is 2.02. The molecular formula is C8H12ClN. The summed E-state index contributed by atoms with van der Waals surface area (Å²) in [4.78, 5) is 0. The third-order valence-corrected chi connectivity index (χ3v) is 2.01. The third kappa shape index (κ3) is 2.41. The first-order valence-corrected chi connectivity index (χ1v) is 3.54. The molecule has 0 heterocycles. The number of nitrogens with zero attached hydrogens (tertiary/aromatic N) is 1. The molecule has 56 valence electrons. The van der Waals surface area contributed by atoms with E-state index in [0.717, 1.165) is 0 Å². The van der Waals surface area contributed by atoms with E-state index in [2.05, 4.69) is 0 Å². The van der Waals surface area contributed by atoms with Crippen LogP contribution in [0.1, 0.15) is 27.7 Å². The van der Waals surface area contributed by atoms with Crippen LogP contribution in [0.4, 0.5) is 0 Å². The number of hydrogen-bond donors (Lipinski definition) is 0. The maximum absolute atomic E-state index is 8.48. The lowest BCUT2D eigenvalue weighted by molar-refractivity contribution is 0.527. The van der Waals surface area contributed by atoms with Crippen LogP contribution in [0.15, 0.2) is 10.6 Å². The predicted molar refractivity (Wildman–Crippen MR) is 43.6 cm³/mol. The van der Waals surface area contributed by atoms with Crippen LogP contribution in [-0.2, 0) is 0 Å². The molecule has 0 bridgehead atoms. The Morgan fingerprint density at radius 1 is 1.40 bits per heavy atom. The molecular weight excluding hydrogens is 146 g/mol. The van der Waals surface area contributed by atoms with E-state index in [1.165, 1.54) is 0 Å². The zero-order valence-corrected chi connectivity index (χ0v) is 7.58. The van der Waals surface area contributed by atoms with Gasteiger partial charge in [-0.05, 0) is 12.3 Å². The highest BCUT2D eigenvalue weighted by Crippen LogP contribution is 2.30. The molecule has 0 unspecified atom stereocenters. The smallest absolute Gasteiger partial charge is 0.0956 e. The molecule has 0 aromatic rings. The lowest BCUT2D eigenvalue weighted by Crippen LogP contribution is -2.06. The predicted octanol–water partition coefficient (Wildman–Crippen LogP) is 3.07. The van der Waals surface area contributed by atoms with E-state index in [9.17, 15) is 0 Å². The number of nitriles is 1. The second kappa shape index (κ2) is 3.07. The van der Waals surface area contributed by atoms with E-state index < -0.39 is 0 Å². The number of allylic oxidation sites excluding steroid dienone is 2. The summed E-state index contributed by atoms with van der Waals surface area (Å²) >= 11 is 5.86. The molecule has 10 heavy (non-hydrogen) atoms. The van der Waals surface area contributed by atoms with Gasteiger partial charge in [0.25, 0.3) is 0 Å². The van der Waals surface area contributed by atoms with Crippen LogP contribution >= 0.6 is 11.6 Å². The molecule has 0 amide bonds. The van der Waals surface area contributed by atoms with Gasteiger partial charge in [-0.15, -0.1) is 0 Å². The molecule has 2 heteroatoms. The monoisotopic (exact) mass is 157 g/mol. The molecule has 0 radical (unpaired) electrons. The molecule has 0 aliphatic heterocycles. The molecule has 0 aromatic heterocycles. The summed E-state index contributed by atoms with van der Waals surface area (Å²) in [5.74, 6) is 0. The Hall–Kier alpha value is -0.480. The van der Waals surface area contributed by atoms with Gasteiger partial charge in [-0.25, -0.2) is 0 Å². The van der Waals surface area contributed by atoms with E-state index in [1.807, 2.05) is 26.8 Å². The zero-order chi connectivity index (χ0) is 8.36. The van der Waals surface area contributed by atoms with Crippen LogP contribution in [0.5, 0.6) is 0 Å². The van der Waals surface area contributed by atoms with Crippen molar-refractivity contribution in [3.8, 4) is 6.07 Å². The van der Waals surface area contributed by atoms with Gasteiger partial charge in [0.05, 0.1) is 6.07 Å². The summed E-state index contributed by atoms with van der Waals surface area (Å²) in [5.41, 5.74) is 0.510. The minimum Gasteiger partial charge on any atom is -0.193 e. The van der Waals surface area contributed by atoms with Gasteiger partial charge < -0.3 is 0 Å². The van der Waals surface area contributed by atoms with Crippen molar-refractivity contribution in [1.82, 2.24) is 0 Å². The Balaban J connectivity index is 4.69. The average Bonchev–Trinajstić information content (AvgIpc) is 1.83. The van der Waals surface area contributed by atoms with Crippen molar-refractivity contribution in [2.75, 3.05) is 0 Å². The minimum atomic E-state index is -0.0959. The number of halogens is 1. The fraction of sp³-hybridized carbons (Fsp3) is 0.625. The topological polar surface area (TPSA) is 23.8 Å². The molecule has 1 nitrogen and oxygen atoms in total. The second-order valence-electron chi connectivity index (χ2n) is 3.30. The minimum absolute atomic E-state index is 0.0959. The van der Waals surface area contributed by atoms with Gasteiger partial charge >= 0.3 is 0 Å². The van der Waals surface area contributed by atoms with Gasteiger partial charge in [0, 0.05) is 10.6 Å². The van der Waals surface area contributed by atoms with Crippen LogP contribution in [0.2, 0.25) is 0 Å². The van der Waals surface area contributed by atoms with E-state index in [0.29, 0.717) is 10.6 Å². The van der Waals surface area contributed by atoms with E-state index in [-0.39, 0.29) is 5.41 Å². The highest BCUT2D eigenvalue weighted by molar-refractivity contribution is 6.30. The number of hydrogen-bond acceptors (Lipinski definition) is 1. The summed E-state index contributed by atoms with van der Waals surface area (Å²) in [6.45, 7) is 7.68. The molecule has 0 saturated heterocycles. The first-order chi connectivity index (χ1) is 4.39. The molecule has 0 aliphatic rings. The maximum atomic E-state index is 8.48. The van der Waals surface area contributed by atoms with Crippen LogP contribution < -0.4 is 0 Å². The van der Waals surface area contributed by atoms with Gasteiger partial charge in [0.1, 0.15) is 0 Å². The summed E-state index contributed by atoms with van der Waals surface area (Å²) < 4.78 is 0. The third-order valence-electron chi connectivity index (χ3n) is 1.16. The van der Waals surface area contributed by atoms with Crippen LogP contribution in [0, 0.1) is 16.7 Å². The van der Waals surface area contributed by atoms with Crippen molar-refractivity contribution in [3.05, 3.63) is 10.6 Å². The van der Waals surface area contributed by atoms with Crippen molar-refractivity contribution >= 4 is 11.6 Å². The maximum Gasteiger partial charge on any atom is 0.0956 e. The normalized spacial score (nSPS) is 14.0. The Kier molecular flexibility index (Phi) is 2.93. The van der Waals surface area contributed by atoms with Crippen molar-refractivity contribution in [3.63, 3.8) is 0 Å². The molecule has 0 aliphatic carbocycles. The summed E-state index contributed by atoms with van der Waals surface area (Å²) in [7, 11) is 0. The fourth-order valence-corrected chi connectivity index (χ4v) is 0.654. The van der Waals surface area contributed by atoms with E-state index in [4.69, 9.17) is 16.9 Å².